The van der Waals surface area contributed by atoms with Gasteiger partial charge in [-0.1, -0.05) is 35.9 Å². The van der Waals surface area contributed by atoms with Crippen LogP contribution in [0.3, 0.4) is 0 Å². The standard InChI is InChI=1S/C19H19ClN2O2/c1-13-7-8-16(11-17(13)20)22(14(2)23)12-19(24)21-10-9-15-5-3-4-6-18(15)21/h3-8,11H,9-10,12H2,1-2H3. The summed E-state index contributed by atoms with van der Waals surface area (Å²) >= 11 is 6.16. The fraction of sp³-hybridized carbons (Fsp3) is 0.263. The first-order valence-electron chi connectivity index (χ1n) is 7.90. The normalized spacial score (nSPS) is 12.9. The quantitative estimate of drug-likeness (QED) is 0.855. The second-order valence-electron chi connectivity index (χ2n) is 5.96. The van der Waals surface area contributed by atoms with Gasteiger partial charge in [0.1, 0.15) is 6.54 Å². The number of para-hydroxylation sites is 1. The molecule has 0 radical (unpaired) electrons. The largest absolute Gasteiger partial charge is 0.310 e. The highest BCUT2D eigenvalue weighted by molar-refractivity contribution is 6.31. The summed E-state index contributed by atoms with van der Waals surface area (Å²) in [6.45, 7) is 4.01. The average Bonchev–Trinajstić information content (AvgIpc) is 2.99. The number of aryl methyl sites for hydroxylation is 1. The molecule has 1 heterocycles. The molecule has 0 N–H and O–H groups in total. The summed E-state index contributed by atoms with van der Waals surface area (Å²) in [4.78, 5) is 28.0. The molecule has 0 atom stereocenters. The van der Waals surface area contributed by atoms with Gasteiger partial charge < -0.3 is 9.80 Å². The number of nitrogens with zero attached hydrogens (tertiary/aromatic N) is 2. The molecule has 5 heteroatoms. The van der Waals surface area contributed by atoms with Gasteiger partial charge in [0, 0.05) is 29.9 Å². The first kappa shape index (κ1) is 16.5. The molecule has 24 heavy (non-hydrogen) atoms. The number of rotatable bonds is 3. The van der Waals surface area contributed by atoms with Crippen molar-refractivity contribution in [3.8, 4) is 0 Å². The van der Waals surface area contributed by atoms with Crippen LogP contribution in [0.15, 0.2) is 42.5 Å². The molecule has 0 saturated carbocycles. The molecule has 0 saturated heterocycles. The van der Waals surface area contributed by atoms with Crippen LogP contribution in [0.1, 0.15) is 18.1 Å². The monoisotopic (exact) mass is 342 g/mol. The fourth-order valence-corrected chi connectivity index (χ4v) is 3.13. The zero-order valence-corrected chi connectivity index (χ0v) is 14.5. The molecule has 2 aromatic carbocycles. The number of carbonyl (C=O) groups excluding carboxylic acids is 2. The molecule has 2 amide bonds. The third-order valence-corrected chi connectivity index (χ3v) is 4.74. The minimum Gasteiger partial charge on any atom is -0.310 e. The van der Waals surface area contributed by atoms with Crippen LogP contribution in [0.4, 0.5) is 11.4 Å². The number of benzene rings is 2. The van der Waals surface area contributed by atoms with E-state index >= 15 is 0 Å². The second-order valence-corrected chi connectivity index (χ2v) is 6.37. The first-order valence-corrected chi connectivity index (χ1v) is 8.27. The van der Waals surface area contributed by atoms with Gasteiger partial charge in [0.2, 0.25) is 11.8 Å². The van der Waals surface area contributed by atoms with Crippen LogP contribution in [0.25, 0.3) is 0 Å². The predicted octanol–water partition coefficient (Wildman–Crippen LogP) is 3.59. The van der Waals surface area contributed by atoms with Crippen LogP contribution >= 0.6 is 11.6 Å². The van der Waals surface area contributed by atoms with E-state index in [0.717, 1.165) is 17.7 Å². The van der Waals surface area contributed by atoms with Gasteiger partial charge in [-0.3, -0.25) is 9.59 Å². The Labute approximate surface area is 146 Å². The molecule has 1 aliphatic heterocycles. The third-order valence-electron chi connectivity index (χ3n) is 4.33. The highest BCUT2D eigenvalue weighted by atomic mass is 35.5. The lowest BCUT2D eigenvalue weighted by atomic mass is 10.2. The van der Waals surface area contributed by atoms with E-state index in [0.29, 0.717) is 17.3 Å². The Hall–Kier alpha value is -2.33. The van der Waals surface area contributed by atoms with Gasteiger partial charge in [-0.05, 0) is 42.7 Å². The SMILES string of the molecule is CC(=O)N(CC(=O)N1CCc2ccccc21)c1ccc(C)c(Cl)c1. The Bertz CT molecular complexity index is 804. The second kappa shape index (κ2) is 6.65. The Kier molecular flexibility index (Phi) is 4.58. The molecule has 0 unspecified atom stereocenters. The van der Waals surface area contributed by atoms with E-state index in [2.05, 4.69) is 0 Å². The van der Waals surface area contributed by atoms with Gasteiger partial charge in [0.15, 0.2) is 0 Å². The molecular weight excluding hydrogens is 324 g/mol. The van der Waals surface area contributed by atoms with Crippen molar-refractivity contribution in [1.29, 1.82) is 0 Å². The summed E-state index contributed by atoms with van der Waals surface area (Å²) < 4.78 is 0. The van der Waals surface area contributed by atoms with Crippen LogP contribution in [-0.2, 0) is 16.0 Å². The highest BCUT2D eigenvalue weighted by Crippen LogP contribution is 2.28. The van der Waals surface area contributed by atoms with E-state index in [1.54, 1.807) is 11.0 Å². The van der Waals surface area contributed by atoms with Gasteiger partial charge in [-0.2, -0.15) is 0 Å². The van der Waals surface area contributed by atoms with E-state index in [9.17, 15) is 9.59 Å². The zero-order valence-electron chi connectivity index (χ0n) is 13.8. The maximum atomic E-state index is 12.7. The third kappa shape index (κ3) is 3.15. The number of anilines is 2. The Morgan fingerprint density at radius 2 is 1.96 bits per heavy atom. The van der Waals surface area contributed by atoms with Crippen molar-refractivity contribution in [3.05, 3.63) is 58.6 Å². The molecule has 1 aliphatic rings. The zero-order chi connectivity index (χ0) is 17.3. The lowest BCUT2D eigenvalue weighted by molar-refractivity contribution is -0.121. The van der Waals surface area contributed by atoms with Crippen LogP contribution in [0.2, 0.25) is 5.02 Å². The highest BCUT2D eigenvalue weighted by Gasteiger charge is 2.26. The van der Waals surface area contributed by atoms with Crippen molar-refractivity contribution in [2.24, 2.45) is 0 Å². The minimum absolute atomic E-state index is 0.00303. The molecule has 2 aromatic rings. The number of hydrogen-bond acceptors (Lipinski definition) is 2. The molecule has 0 aromatic heterocycles. The molecule has 4 nitrogen and oxygen atoms in total. The van der Waals surface area contributed by atoms with Gasteiger partial charge >= 0.3 is 0 Å². The van der Waals surface area contributed by atoms with Crippen LogP contribution in [0.5, 0.6) is 0 Å². The number of halogens is 1. The molecule has 0 spiro atoms. The van der Waals surface area contributed by atoms with Gasteiger partial charge in [0.05, 0.1) is 0 Å². The van der Waals surface area contributed by atoms with Gasteiger partial charge in [-0.15, -0.1) is 0 Å². The van der Waals surface area contributed by atoms with Crippen LogP contribution in [-0.4, -0.2) is 24.9 Å². The van der Waals surface area contributed by atoms with Crippen molar-refractivity contribution in [3.63, 3.8) is 0 Å². The van der Waals surface area contributed by atoms with E-state index in [4.69, 9.17) is 11.6 Å². The summed E-state index contributed by atoms with van der Waals surface area (Å²) in [5, 5.41) is 0.581. The maximum Gasteiger partial charge on any atom is 0.247 e. The number of carbonyl (C=O) groups is 2. The summed E-state index contributed by atoms with van der Waals surface area (Å²) in [7, 11) is 0. The molecule has 0 bridgehead atoms. The van der Waals surface area contributed by atoms with Crippen LogP contribution in [0, 0.1) is 6.92 Å². The molecule has 124 valence electrons. The fourth-order valence-electron chi connectivity index (χ4n) is 2.95. The Morgan fingerprint density at radius 1 is 1.21 bits per heavy atom. The van der Waals surface area contributed by atoms with Crippen LogP contribution < -0.4 is 9.80 Å². The van der Waals surface area contributed by atoms with Crippen molar-refractivity contribution < 1.29 is 9.59 Å². The first-order chi connectivity index (χ1) is 11.5. The van der Waals surface area contributed by atoms with Gasteiger partial charge in [0.25, 0.3) is 0 Å². The lowest BCUT2D eigenvalue weighted by Crippen LogP contribution is -2.41. The van der Waals surface area contributed by atoms with Crippen molar-refractivity contribution >= 4 is 34.8 Å². The Balaban J connectivity index is 1.83. The van der Waals surface area contributed by atoms with Crippen molar-refractivity contribution in [2.75, 3.05) is 22.9 Å². The predicted molar refractivity (Wildman–Crippen MR) is 96.7 cm³/mol. The minimum atomic E-state index is -0.184. The molecular formula is C19H19ClN2O2. The topological polar surface area (TPSA) is 40.6 Å². The molecule has 0 fully saturated rings. The molecule has 0 aliphatic carbocycles. The van der Waals surface area contributed by atoms with E-state index in [-0.39, 0.29) is 18.4 Å². The summed E-state index contributed by atoms with van der Waals surface area (Å²) in [6, 6.07) is 13.3. The summed E-state index contributed by atoms with van der Waals surface area (Å²) in [5.74, 6) is -0.275. The van der Waals surface area contributed by atoms with E-state index < -0.39 is 0 Å². The van der Waals surface area contributed by atoms with E-state index in [1.165, 1.54) is 17.4 Å². The summed E-state index contributed by atoms with van der Waals surface area (Å²) in [5.41, 5.74) is 3.68. The van der Waals surface area contributed by atoms with Gasteiger partial charge in [-0.25, -0.2) is 0 Å². The smallest absolute Gasteiger partial charge is 0.247 e. The number of fused-ring (bicyclic) bond motifs is 1. The van der Waals surface area contributed by atoms with Crippen molar-refractivity contribution in [1.82, 2.24) is 0 Å². The number of hydrogen-bond donors (Lipinski definition) is 0. The number of amides is 2. The summed E-state index contributed by atoms with van der Waals surface area (Å²) in [6.07, 6.45) is 0.846. The van der Waals surface area contributed by atoms with Crippen molar-refractivity contribution in [2.45, 2.75) is 20.3 Å². The lowest BCUT2D eigenvalue weighted by Gasteiger charge is -2.25. The average molecular weight is 343 g/mol. The van der Waals surface area contributed by atoms with E-state index in [1.807, 2.05) is 43.3 Å². The maximum absolute atomic E-state index is 12.7. The Morgan fingerprint density at radius 3 is 2.67 bits per heavy atom. The molecule has 3 rings (SSSR count).